The predicted molar refractivity (Wildman–Crippen MR) is 66.8 cm³/mol. The zero-order valence-corrected chi connectivity index (χ0v) is 10.3. The fraction of sp³-hybridized carbons (Fsp3) is 0.538. The van der Waals surface area contributed by atoms with Gasteiger partial charge in [-0.3, -0.25) is 0 Å². The third-order valence-corrected chi connectivity index (χ3v) is 2.76. The Hall–Kier alpha value is -1.30. The predicted octanol–water partition coefficient (Wildman–Crippen LogP) is 0.291. The molecule has 0 amide bonds. The Morgan fingerprint density at radius 2 is 2.11 bits per heavy atom. The van der Waals surface area contributed by atoms with Crippen LogP contribution in [-0.2, 0) is 6.54 Å². The van der Waals surface area contributed by atoms with Crippen molar-refractivity contribution < 1.29 is 19.7 Å². The fourth-order valence-electron chi connectivity index (χ4n) is 1.83. The van der Waals surface area contributed by atoms with Crippen LogP contribution >= 0.6 is 0 Å². The van der Waals surface area contributed by atoms with E-state index in [0.717, 1.165) is 23.5 Å². The van der Waals surface area contributed by atoms with E-state index in [9.17, 15) is 5.11 Å². The van der Waals surface area contributed by atoms with Gasteiger partial charge in [-0.15, -0.1) is 0 Å². The number of nitrogens with one attached hydrogen (secondary N) is 1. The van der Waals surface area contributed by atoms with Gasteiger partial charge in [0, 0.05) is 25.1 Å². The van der Waals surface area contributed by atoms with E-state index in [1.54, 1.807) is 0 Å². The molecule has 1 unspecified atom stereocenters. The maximum atomic E-state index is 9.25. The highest BCUT2D eigenvalue weighted by atomic mass is 16.5. The molecule has 18 heavy (non-hydrogen) atoms. The van der Waals surface area contributed by atoms with Gasteiger partial charge in [-0.25, -0.2) is 0 Å². The Labute approximate surface area is 106 Å². The quantitative estimate of drug-likeness (QED) is 0.703. The first-order chi connectivity index (χ1) is 8.81. The van der Waals surface area contributed by atoms with Crippen molar-refractivity contribution in [1.82, 2.24) is 5.32 Å². The minimum absolute atomic E-state index is 0.237. The van der Waals surface area contributed by atoms with E-state index < -0.39 is 6.10 Å². The summed E-state index contributed by atoms with van der Waals surface area (Å²) >= 11 is 0. The lowest BCUT2D eigenvalue weighted by atomic mass is 10.2. The molecule has 0 saturated carbocycles. The largest absolute Gasteiger partial charge is 0.490 e. The van der Waals surface area contributed by atoms with Gasteiger partial charge < -0.3 is 25.0 Å². The fourth-order valence-corrected chi connectivity index (χ4v) is 1.83. The number of para-hydroxylation sites is 1. The lowest BCUT2D eigenvalue weighted by molar-refractivity contribution is 0.0941. The van der Waals surface area contributed by atoms with E-state index in [-0.39, 0.29) is 6.61 Å². The van der Waals surface area contributed by atoms with Crippen LogP contribution in [0.5, 0.6) is 11.5 Å². The Kier molecular flexibility index (Phi) is 4.81. The first kappa shape index (κ1) is 13.1. The summed E-state index contributed by atoms with van der Waals surface area (Å²) < 4.78 is 11.3. The Morgan fingerprint density at radius 3 is 2.94 bits per heavy atom. The first-order valence-corrected chi connectivity index (χ1v) is 6.18. The van der Waals surface area contributed by atoms with Crippen LogP contribution < -0.4 is 14.8 Å². The van der Waals surface area contributed by atoms with Crippen molar-refractivity contribution in [2.75, 3.05) is 26.4 Å². The van der Waals surface area contributed by atoms with Crippen molar-refractivity contribution in [1.29, 1.82) is 0 Å². The highest BCUT2D eigenvalue weighted by Gasteiger charge is 2.14. The SMILES string of the molecule is OCC(O)CNCc1cccc2c1OCCCO2. The number of hydrogen-bond acceptors (Lipinski definition) is 5. The highest BCUT2D eigenvalue weighted by Crippen LogP contribution is 2.32. The molecule has 1 atom stereocenters. The molecule has 2 rings (SSSR count). The molecule has 100 valence electrons. The molecule has 0 aromatic heterocycles. The monoisotopic (exact) mass is 253 g/mol. The van der Waals surface area contributed by atoms with Gasteiger partial charge in [-0.05, 0) is 6.07 Å². The van der Waals surface area contributed by atoms with E-state index in [4.69, 9.17) is 14.6 Å². The molecule has 3 N–H and O–H groups in total. The molecule has 0 saturated heterocycles. The van der Waals surface area contributed by atoms with Gasteiger partial charge in [0.05, 0.1) is 25.9 Å². The summed E-state index contributed by atoms with van der Waals surface area (Å²) in [6.07, 6.45) is 0.148. The van der Waals surface area contributed by atoms with Crippen LogP contribution in [0.3, 0.4) is 0 Å². The Bertz CT molecular complexity index is 383. The molecule has 5 heteroatoms. The topological polar surface area (TPSA) is 71.0 Å². The van der Waals surface area contributed by atoms with Gasteiger partial charge in [-0.1, -0.05) is 12.1 Å². The lowest BCUT2D eigenvalue weighted by Gasteiger charge is -2.14. The van der Waals surface area contributed by atoms with Gasteiger partial charge in [0.1, 0.15) is 0 Å². The third-order valence-electron chi connectivity index (χ3n) is 2.76. The van der Waals surface area contributed by atoms with Crippen LogP contribution in [0.25, 0.3) is 0 Å². The van der Waals surface area contributed by atoms with Crippen LogP contribution in [0.4, 0.5) is 0 Å². The van der Waals surface area contributed by atoms with Crippen LogP contribution in [0.15, 0.2) is 18.2 Å². The molecule has 0 radical (unpaired) electrons. The van der Waals surface area contributed by atoms with Crippen LogP contribution in [0.2, 0.25) is 0 Å². The number of aliphatic hydroxyl groups is 2. The van der Waals surface area contributed by atoms with Crippen molar-refractivity contribution >= 4 is 0 Å². The molecule has 1 aliphatic heterocycles. The van der Waals surface area contributed by atoms with Gasteiger partial charge in [-0.2, -0.15) is 0 Å². The highest BCUT2D eigenvalue weighted by molar-refractivity contribution is 5.47. The smallest absolute Gasteiger partial charge is 0.165 e. The molecule has 1 aromatic rings. The number of rotatable bonds is 5. The molecular formula is C13H19NO4. The third kappa shape index (κ3) is 3.35. The lowest BCUT2D eigenvalue weighted by Crippen LogP contribution is -2.29. The van der Waals surface area contributed by atoms with E-state index in [1.807, 2.05) is 18.2 Å². The zero-order valence-electron chi connectivity index (χ0n) is 10.3. The van der Waals surface area contributed by atoms with Crippen LogP contribution in [-0.4, -0.2) is 42.7 Å². The second kappa shape index (κ2) is 6.58. The minimum atomic E-state index is -0.732. The Balaban J connectivity index is 1.99. The number of benzene rings is 1. The van der Waals surface area contributed by atoms with Crippen LogP contribution in [0, 0.1) is 0 Å². The second-order valence-electron chi connectivity index (χ2n) is 4.26. The zero-order chi connectivity index (χ0) is 12.8. The summed E-state index contributed by atoms with van der Waals surface area (Å²) in [6.45, 7) is 2.01. The summed E-state index contributed by atoms with van der Waals surface area (Å²) in [6, 6.07) is 5.78. The van der Waals surface area contributed by atoms with E-state index in [2.05, 4.69) is 5.32 Å². The number of aliphatic hydroxyl groups excluding tert-OH is 2. The normalized spacial score (nSPS) is 16.1. The van der Waals surface area contributed by atoms with Gasteiger partial charge in [0.25, 0.3) is 0 Å². The van der Waals surface area contributed by atoms with Gasteiger partial charge >= 0.3 is 0 Å². The van der Waals surface area contributed by atoms with Gasteiger partial charge in [0.2, 0.25) is 0 Å². The number of ether oxygens (including phenoxy) is 2. The number of fused-ring (bicyclic) bond motifs is 1. The molecular weight excluding hydrogens is 234 g/mol. The van der Waals surface area contributed by atoms with E-state index >= 15 is 0 Å². The average Bonchev–Trinajstić information content (AvgIpc) is 2.64. The average molecular weight is 253 g/mol. The molecule has 0 bridgehead atoms. The summed E-state index contributed by atoms with van der Waals surface area (Å²) in [5, 5.41) is 21.1. The van der Waals surface area contributed by atoms with E-state index in [0.29, 0.717) is 26.3 Å². The van der Waals surface area contributed by atoms with Crippen molar-refractivity contribution in [3.05, 3.63) is 23.8 Å². The summed E-state index contributed by atoms with van der Waals surface area (Å²) in [4.78, 5) is 0. The molecule has 1 aliphatic rings. The molecule has 1 aromatic carbocycles. The van der Waals surface area contributed by atoms with Gasteiger partial charge in [0.15, 0.2) is 11.5 Å². The second-order valence-corrected chi connectivity index (χ2v) is 4.26. The van der Waals surface area contributed by atoms with E-state index in [1.165, 1.54) is 0 Å². The standard InChI is InChI=1S/C13H19NO4/c15-9-11(16)8-14-7-10-3-1-4-12-13(10)18-6-2-5-17-12/h1,3-4,11,14-16H,2,5-9H2. The summed E-state index contributed by atoms with van der Waals surface area (Å²) in [5.41, 5.74) is 1.000. The maximum Gasteiger partial charge on any atom is 0.165 e. The van der Waals surface area contributed by atoms with Crippen molar-refractivity contribution in [2.24, 2.45) is 0 Å². The van der Waals surface area contributed by atoms with Crippen molar-refractivity contribution in [2.45, 2.75) is 19.1 Å². The summed E-state index contributed by atoms with van der Waals surface area (Å²) in [7, 11) is 0. The molecule has 1 heterocycles. The van der Waals surface area contributed by atoms with Crippen molar-refractivity contribution in [3.63, 3.8) is 0 Å². The Morgan fingerprint density at radius 1 is 1.28 bits per heavy atom. The number of hydrogen-bond donors (Lipinski definition) is 3. The molecule has 5 nitrogen and oxygen atoms in total. The minimum Gasteiger partial charge on any atom is -0.490 e. The maximum absolute atomic E-state index is 9.25. The summed E-state index contributed by atoms with van der Waals surface area (Å²) in [5.74, 6) is 1.55. The molecule has 0 fully saturated rings. The molecule has 0 aliphatic carbocycles. The van der Waals surface area contributed by atoms with Crippen molar-refractivity contribution in [3.8, 4) is 11.5 Å². The molecule has 0 spiro atoms. The van der Waals surface area contributed by atoms with Crippen LogP contribution in [0.1, 0.15) is 12.0 Å². The first-order valence-electron chi connectivity index (χ1n) is 6.18.